The van der Waals surface area contributed by atoms with Gasteiger partial charge in [0, 0.05) is 26.2 Å². The molecule has 27 heavy (non-hydrogen) atoms. The van der Waals surface area contributed by atoms with Gasteiger partial charge in [-0.05, 0) is 39.0 Å². The largest absolute Gasteiger partial charge is 0.444 e. The topological polar surface area (TPSA) is 136 Å². The van der Waals surface area contributed by atoms with Crippen molar-refractivity contribution in [2.45, 2.75) is 26.4 Å². The van der Waals surface area contributed by atoms with Crippen LogP contribution in [0.4, 0.5) is 16.2 Å². The van der Waals surface area contributed by atoms with E-state index < -0.39 is 5.60 Å². The fourth-order valence-corrected chi connectivity index (χ4v) is 2.86. The van der Waals surface area contributed by atoms with Gasteiger partial charge in [-0.1, -0.05) is 11.6 Å². The molecule has 2 rings (SSSR count). The number of carbonyl (C=O) groups excluding carboxylic acids is 1. The summed E-state index contributed by atoms with van der Waals surface area (Å²) < 4.78 is 5.41. The maximum atomic E-state index is 12.2. The lowest BCUT2D eigenvalue weighted by atomic mass is 10.2. The Bertz CT molecular complexity index is 746. The van der Waals surface area contributed by atoms with Crippen molar-refractivity contribution < 1.29 is 9.53 Å². The Labute approximate surface area is 163 Å². The molecule has 0 bridgehead atoms. The number of rotatable bonds is 2. The van der Waals surface area contributed by atoms with Crippen LogP contribution in [0.25, 0.3) is 0 Å². The molecule has 1 aliphatic heterocycles. The number of aliphatic imine (C=N–C) groups is 2. The molecule has 1 aliphatic rings. The zero-order valence-corrected chi connectivity index (χ0v) is 16.5. The van der Waals surface area contributed by atoms with Crippen LogP contribution in [-0.2, 0) is 4.74 Å². The number of benzene rings is 1. The number of halogens is 1. The minimum Gasteiger partial charge on any atom is -0.444 e. The Morgan fingerprint density at radius 2 is 1.78 bits per heavy atom. The SMILES string of the molecule is CC(C)(C)OC(=O)N1CCN(c2ccc(N=C(N)N=C(N)N)cc2Cl)CC1. The molecule has 0 aromatic heterocycles. The molecule has 0 radical (unpaired) electrons. The lowest BCUT2D eigenvalue weighted by Crippen LogP contribution is -2.50. The average Bonchev–Trinajstić information content (AvgIpc) is 2.52. The summed E-state index contributed by atoms with van der Waals surface area (Å²) >= 11 is 6.40. The number of carbonyl (C=O) groups is 1. The van der Waals surface area contributed by atoms with Crippen LogP contribution in [0.3, 0.4) is 0 Å². The van der Waals surface area contributed by atoms with Crippen LogP contribution < -0.4 is 22.1 Å². The van der Waals surface area contributed by atoms with E-state index >= 15 is 0 Å². The predicted molar refractivity (Wildman–Crippen MR) is 109 cm³/mol. The molecule has 6 N–H and O–H groups in total. The Morgan fingerprint density at radius 1 is 1.15 bits per heavy atom. The summed E-state index contributed by atoms with van der Waals surface area (Å²) in [5.74, 6) is -0.216. The second-order valence-corrected chi connectivity index (χ2v) is 7.50. The predicted octanol–water partition coefficient (Wildman–Crippen LogP) is 1.62. The third-order valence-corrected chi connectivity index (χ3v) is 3.99. The molecule has 1 saturated heterocycles. The molecule has 0 atom stereocenters. The van der Waals surface area contributed by atoms with Crippen LogP contribution in [0.5, 0.6) is 0 Å². The number of nitrogens with zero attached hydrogens (tertiary/aromatic N) is 4. The summed E-state index contributed by atoms with van der Waals surface area (Å²) in [5, 5.41) is 0.527. The number of hydrogen-bond donors (Lipinski definition) is 3. The van der Waals surface area contributed by atoms with E-state index in [4.69, 9.17) is 33.5 Å². The molecule has 1 heterocycles. The van der Waals surface area contributed by atoms with E-state index in [1.165, 1.54) is 0 Å². The summed E-state index contributed by atoms with van der Waals surface area (Å²) in [6.45, 7) is 7.97. The van der Waals surface area contributed by atoms with Crippen LogP contribution in [0.1, 0.15) is 20.8 Å². The van der Waals surface area contributed by atoms with Gasteiger partial charge < -0.3 is 31.7 Å². The monoisotopic (exact) mass is 395 g/mol. The van der Waals surface area contributed by atoms with Gasteiger partial charge in [0.15, 0.2) is 5.96 Å². The number of amides is 1. The van der Waals surface area contributed by atoms with Crippen LogP contribution >= 0.6 is 11.6 Å². The summed E-state index contributed by atoms with van der Waals surface area (Å²) in [6, 6.07) is 5.32. The van der Waals surface area contributed by atoms with Crippen LogP contribution in [-0.4, -0.2) is 54.7 Å². The van der Waals surface area contributed by atoms with Crippen molar-refractivity contribution >= 4 is 41.0 Å². The normalized spacial score (nSPS) is 15.5. The molecule has 0 aliphatic carbocycles. The first-order valence-corrected chi connectivity index (χ1v) is 8.89. The first kappa shape index (κ1) is 20.6. The highest BCUT2D eigenvalue weighted by Crippen LogP contribution is 2.31. The van der Waals surface area contributed by atoms with Gasteiger partial charge in [-0.15, -0.1) is 0 Å². The Balaban J connectivity index is 2.02. The van der Waals surface area contributed by atoms with E-state index in [2.05, 4.69) is 14.9 Å². The fourth-order valence-electron chi connectivity index (χ4n) is 2.57. The first-order chi connectivity index (χ1) is 12.5. The number of anilines is 1. The number of ether oxygens (including phenoxy) is 1. The van der Waals surface area contributed by atoms with Gasteiger partial charge in [0.1, 0.15) is 5.60 Å². The molecule has 1 amide bonds. The average molecular weight is 396 g/mol. The quantitative estimate of drug-likeness (QED) is 0.514. The van der Waals surface area contributed by atoms with Crippen molar-refractivity contribution in [2.75, 3.05) is 31.1 Å². The maximum absolute atomic E-state index is 12.2. The molecule has 0 spiro atoms. The van der Waals surface area contributed by atoms with E-state index in [0.29, 0.717) is 36.9 Å². The highest BCUT2D eigenvalue weighted by atomic mass is 35.5. The third-order valence-electron chi connectivity index (χ3n) is 3.69. The summed E-state index contributed by atoms with van der Waals surface area (Å²) in [6.07, 6.45) is -0.298. The molecule has 9 nitrogen and oxygen atoms in total. The Morgan fingerprint density at radius 3 is 2.30 bits per heavy atom. The van der Waals surface area contributed by atoms with Gasteiger partial charge in [-0.3, -0.25) is 0 Å². The zero-order chi connectivity index (χ0) is 20.2. The second kappa shape index (κ2) is 8.34. The van der Waals surface area contributed by atoms with E-state index in [9.17, 15) is 4.79 Å². The number of guanidine groups is 2. The van der Waals surface area contributed by atoms with E-state index in [1.54, 1.807) is 17.0 Å². The first-order valence-electron chi connectivity index (χ1n) is 8.51. The van der Waals surface area contributed by atoms with Crippen LogP contribution in [0.2, 0.25) is 5.02 Å². The summed E-state index contributed by atoms with van der Waals surface area (Å²) in [5.41, 5.74) is 17.0. The highest BCUT2D eigenvalue weighted by Gasteiger charge is 2.26. The lowest BCUT2D eigenvalue weighted by molar-refractivity contribution is 0.0240. The number of hydrogen-bond acceptors (Lipinski definition) is 4. The van der Waals surface area contributed by atoms with Crippen molar-refractivity contribution in [2.24, 2.45) is 27.2 Å². The molecule has 10 heteroatoms. The van der Waals surface area contributed by atoms with E-state index in [1.807, 2.05) is 26.8 Å². The van der Waals surface area contributed by atoms with Gasteiger partial charge in [0.2, 0.25) is 5.96 Å². The van der Waals surface area contributed by atoms with Gasteiger partial charge in [0.25, 0.3) is 0 Å². The van der Waals surface area contributed by atoms with E-state index in [0.717, 1.165) is 5.69 Å². The maximum Gasteiger partial charge on any atom is 0.410 e. The molecule has 0 saturated carbocycles. The highest BCUT2D eigenvalue weighted by molar-refractivity contribution is 6.33. The van der Waals surface area contributed by atoms with Crippen LogP contribution in [0.15, 0.2) is 28.2 Å². The zero-order valence-electron chi connectivity index (χ0n) is 15.8. The van der Waals surface area contributed by atoms with Crippen molar-refractivity contribution in [1.29, 1.82) is 0 Å². The third kappa shape index (κ3) is 6.21. The fraction of sp³-hybridized carbons (Fsp3) is 0.471. The summed E-state index contributed by atoms with van der Waals surface area (Å²) in [7, 11) is 0. The van der Waals surface area contributed by atoms with Crippen LogP contribution in [0, 0.1) is 0 Å². The van der Waals surface area contributed by atoms with E-state index in [-0.39, 0.29) is 18.0 Å². The van der Waals surface area contributed by atoms with Crippen molar-refractivity contribution in [3.8, 4) is 0 Å². The minimum atomic E-state index is -0.506. The molecule has 1 fully saturated rings. The van der Waals surface area contributed by atoms with Crippen molar-refractivity contribution in [3.05, 3.63) is 23.2 Å². The van der Waals surface area contributed by atoms with Gasteiger partial charge >= 0.3 is 6.09 Å². The number of nitrogens with two attached hydrogens (primary N) is 3. The number of piperazine rings is 1. The molecule has 148 valence electrons. The molecule has 0 unspecified atom stereocenters. The smallest absolute Gasteiger partial charge is 0.410 e. The van der Waals surface area contributed by atoms with Gasteiger partial charge in [-0.25, -0.2) is 9.79 Å². The van der Waals surface area contributed by atoms with Crippen molar-refractivity contribution in [1.82, 2.24) is 4.90 Å². The molecular formula is C17H26ClN7O2. The van der Waals surface area contributed by atoms with Gasteiger partial charge in [-0.2, -0.15) is 4.99 Å². The Kier molecular flexibility index (Phi) is 6.37. The lowest BCUT2D eigenvalue weighted by Gasteiger charge is -2.37. The standard InChI is InChI=1S/C17H26ClN7O2/c1-17(2,3)27-16(26)25-8-6-24(7-9-25)13-5-4-11(10-12(13)18)22-15(21)23-14(19)20/h4-5,10H,6-9H2,1-3H3,(H6,19,20,21,22,23). The molecule has 1 aromatic rings. The molecular weight excluding hydrogens is 370 g/mol. The van der Waals surface area contributed by atoms with Crippen molar-refractivity contribution in [3.63, 3.8) is 0 Å². The van der Waals surface area contributed by atoms with Gasteiger partial charge in [0.05, 0.1) is 16.4 Å². The second-order valence-electron chi connectivity index (χ2n) is 7.10. The Hall–Kier alpha value is -2.68. The summed E-state index contributed by atoms with van der Waals surface area (Å²) in [4.78, 5) is 23.7. The minimum absolute atomic E-state index is 0.0511. The molecule has 1 aromatic carbocycles.